The van der Waals surface area contributed by atoms with E-state index in [1.807, 2.05) is 6.07 Å². The number of rotatable bonds is 8. The molecule has 4 N–H and O–H groups in total. The maximum atomic E-state index is 13.3. The highest BCUT2D eigenvalue weighted by Gasteiger charge is 2.35. The number of aliphatic hydroxyl groups is 2. The molecule has 0 spiro atoms. The van der Waals surface area contributed by atoms with E-state index >= 15 is 0 Å². The minimum Gasteiger partial charge on any atom is -0.493 e. The molecule has 2 aromatic heterocycles. The third kappa shape index (κ3) is 4.66. The van der Waals surface area contributed by atoms with Crippen LogP contribution < -0.4 is 10.1 Å². The number of ether oxygens (including phenoxy) is 1. The van der Waals surface area contributed by atoms with Crippen molar-refractivity contribution in [3.8, 4) is 17.0 Å². The predicted molar refractivity (Wildman–Crippen MR) is 133 cm³/mol. The number of aromatic nitrogens is 3. The molecule has 2 amide bonds. The fraction of sp³-hybridized carbons (Fsp3) is 0.462. The van der Waals surface area contributed by atoms with Gasteiger partial charge < -0.3 is 30.2 Å². The Labute approximate surface area is 208 Å². The summed E-state index contributed by atoms with van der Waals surface area (Å²) in [4.78, 5) is 38.7. The van der Waals surface area contributed by atoms with Gasteiger partial charge in [0.1, 0.15) is 29.9 Å². The maximum Gasteiger partial charge on any atom is 0.255 e. The average Bonchev–Trinajstić information content (AvgIpc) is 3.55. The number of fused-ring (bicyclic) bond motifs is 1. The number of amides is 2. The molecule has 1 saturated carbocycles. The van der Waals surface area contributed by atoms with Crippen molar-refractivity contribution >= 4 is 22.8 Å². The Hall–Kier alpha value is -3.50. The van der Waals surface area contributed by atoms with Crippen LogP contribution in [0.15, 0.2) is 24.5 Å². The van der Waals surface area contributed by atoms with Crippen LogP contribution in [0.2, 0.25) is 0 Å². The molecule has 1 aliphatic heterocycles. The number of hydrogen-bond donors (Lipinski definition) is 4. The summed E-state index contributed by atoms with van der Waals surface area (Å²) in [6.07, 6.45) is 3.76. The molecule has 2 atom stereocenters. The van der Waals surface area contributed by atoms with Gasteiger partial charge >= 0.3 is 0 Å². The maximum absolute atomic E-state index is 13.3. The Balaban J connectivity index is 1.47. The van der Waals surface area contributed by atoms with Crippen molar-refractivity contribution in [3.05, 3.63) is 41.3 Å². The zero-order valence-electron chi connectivity index (χ0n) is 20.5. The Morgan fingerprint density at radius 3 is 2.78 bits per heavy atom. The van der Waals surface area contributed by atoms with Crippen molar-refractivity contribution in [2.45, 2.75) is 45.3 Å². The SMILES string of the molecule is CCc1ccc(OCC2CC2)c(-c2ncnc3c(C(=O)N[C@@H]4CN(C(=O)CO)C[C@H]4O)c(C)[nH]c23)c1. The van der Waals surface area contributed by atoms with Gasteiger partial charge in [0.2, 0.25) is 5.91 Å². The molecule has 1 aliphatic carbocycles. The van der Waals surface area contributed by atoms with E-state index in [4.69, 9.17) is 9.84 Å². The minimum atomic E-state index is -0.928. The molecule has 1 aromatic carbocycles. The molecule has 36 heavy (non-hydrogen) atoms. The third-order valence-electron chi connectivity index (χ3n) is 6.97. The molecule has 2 aliphatic rings. The first-order valence-electron chi connectivity index (χ1n) is 12.4. The number of carbonyl (C=O) groups excluding carboxylic acids is 2. The highest BCUT2D eigenvalue weighted by molar-refractivity contribution is 6.09. The zero-order chi connectivity index (χ0) is 25.4. The van der Waals surface area contributed by atoms with Gasteiger partial charge in [-0.3, -0.25) is 9.59 Å². The van der Waals surface area contributed by atoms with E-state index in [1.165, 1.54) is 24.1 Å². The molecule has 10 heteroatoms. The van der Waals surface area contributed by atoms with Crippen LogP contribution in [0.25, 0.3) is 22.3 Å². The number of aryl methyl sites for hydroxylation is 2. The van der Waals surface area contributed by atoms with Crippen LogP contribution in [0.3, 0.4) is 0 Å². The van der Waals surface area contributed by atoms with Crippen molar-refractivity contribution in [2.24, 2.45) is 5.92 Å². The second kappa shape index (κ2) is 9.87. The summed E-state index contributed by atoms with van der Waals surface area (Å²) in [6.45, 7) is 4.09. The number of benzene rings is 1. The first-order chi connectivity index (χ1) is 17.4. The lowest BCUT2D eigenvalue weighted by Crippen LogP contribution is -2.43. The van der Waals surface area contributed by atoms with Gasteiger partial charge in [0, 0.05) is 24.3 Å². The number of H-pyrrole nitrogens is 1. The minimum absolute atomic E-state index is 0.0565. The molecule has 10 nitrogen and oxygen atoms in total. The first kappa shape index (κ1) is 24.2. The van der Waals surface area contributed by atoms with Crippen molar-refractivity contribution in [3.63, 3.8) is 0 Å². The summed E-state index contributed by atoms with van der Waals surface area (Å²) in [7, 11) is 0. The standard InChI is InChI=1S/C26H31N5O5/c1-3-15-6-7-20(36-12-16-4-5-16)17(8-15)23-25-24(28-13-27-23)22(14(2)29-25)26(35)30-18-9-31(10-19(18)33)21(34)11-32/h6-8,13,16,18-19,29,32-33H,3-5,9-12H2,1-2H3,(H,30,35)/t18-,19-/m1/s1. The molecule has 0 bridgehead atoms. The van der Waals surface area contributed by atoms with E-state index in [1.54, 1.807) is 6.92 Å². The van der Waals surface area contributed by atoms with Crippen LogP contribution in [0.4, 0.5) is 0 Å². The highest BCUT2D eigenvalue weighted by atomic mass is 16.5. The van der Waals surface area contributed by atoms with Gasteiger partial charge in [-0.05, 0) is 49.8 Å². The van der Waals surface area contributed by atoms with Gasteiger partial charge in [0.15, 0.2) is 0 Å². The monoisotopic (exact) mass is 493 g/mol. The lowest BCUT2D eigenvalue weighted by molar-refractivity contribution is -0.133. The number of nitrogens with zero attached hydrogens (tertiary/aromatic N) is 3. The molecule has 3 aromatic rings. The number of β-amino-alcohol motifs (C(OH)–C–C–N with tert-alkyl or cyclic N) is 1. The van der Waals surface area contributed by atoms with E-state index in [0.29, 0.717) is 40.5 Å². The van der Waals surface area contributed by atoms with Crippen molar-refractivity contribution < 1.29 is 24.5 Å². The topological polar surface area (TPSA) is 141 Å². The summed E-state index contributed by atoms with van der Waals surface area (Å²) >= 11 is 0. The van der Waals surface area contributed by atoms with Gasteiger partial charge in [0.25, 0.3) is 5.91 Å². The number of hydrogen-bond acceptors (Lipinski definition) is 7. The van der Waals surface area contributed by atoms with Gasteiger partial charge in [-0.2, -0.15) is 0 Å². The Morgan fingerprint density at radius 1 is 1.25 bits per heavy atom. The van der Waals surface area contributed by atoms with Gasteiger partial charge in [-0.1, -0.05) is 13.0 Å². The fourth-order valence-electron chi connectivity index (χ4n) is 4.68. The highest BCUT2D eigenvalue weighted by Crippen LogP contribution is 2.37. The third-order valence-corrected chi connectivity index (χ3v) is 6.97. The first-order valence-corrected chi connectivity index (χ1v) is 12.4. The number of aliphatic hydroxyl groups excluding tert-OH is 2. The van der Waals surface area contributed by atoms with E-state index < -0.39 is 30.6 Å². The summed E-state index contributed by atoms with van der Waals surface area (Å²) in [5.41, 5.74) is 4.74. The zero-order valence-corrected chi connectivity index (χ0v) is 20.5. The fourth-order valence-corrected chi connectivity index (χ4v) is 4.68. The van der Waals surface area contributed by atoms with Gasteiger partial charge in [0.05, 0.1) is 29.8 Å². The van der Waals surface area contributed by atoms with Crippen molar-refractivity contribution in [1.82, 2.24) is 25.2 Å². The second-order valence-electron chi connectivity index (χ2n) is 9.61. The normalized spacial score (nSPS) is 19.6. The van der Waals surface area contributed by atoms with E-state index in [-0.39, 0.29) is 13.1 Å². The van der Waals surface area contributed by atoms with E-state index in [9.17, 15) is 14.7 Å². The van der Waals surface area contributed by atoms with Crippen LogP contribution in [0, 0.1) is 12.8 Å². The molecule has 3 heterocycles. The molecular weight excluding hydrogens is 462 g/mol. The number of nitrogens with one attached hydrogen (secondary N) is 2. The van der Waals surface area contributed by atoms with Crippen LogP contribution in [0.1, 0.15) is 41.4 Å². The van der Waals surface area contributed by atoms with Crippen molar-refractivity contribution in [2.75, 3.05) is 26.3 Å². The molecular formula is C26H31N5O5. The molecule has 0 radical (unpaired) electrons. The molecule has 190 valence electrons. The lowest BCUT2D eigenvalue weighted by Gasteiger charge is -2.16. The van der Waals surface area contributed by atoms with Gasteiger partial charge in [-0.15, -0.1) is 0 Å². The van der Waals surface area contributed by atoms with Crippen LogP contribution in [-0.2, 0) is 11.2 Å². The van der Waals surface area contributed by atoms with Crippen LogP contribution in [0.5, 0.6) is 5.75 Å². The van der Waals surface area contributed by atoms with E-state index in [0.717, 1.165) is 23.3 Å². The Bertz CT molecular complexity index is 1300. The molecule has 5 rings (SSSR count). The van der Waals surface area contributed by atoms with Crippen molar-refractivity contribution in [1.29, 1.82) is 0 Å². The van der Waals surface area contributed by atoms with E-state index in [2.05, 4.69) is 39.3 Å². The van der Waals surface area contributed by atoms with Crippen LogP contribution >= 0.6 is 0 Å². The molecule has 1 saturated heterocycles. The van der Waals surface area contributed by atoms with Crippen LogP contribution in [-0.4, -0.2) is 80.3 Å². The smallest absolute Gasteiger partial charge is 0.255 e. The summed E-state index contributed by atoms with van der Waals surface area (Å²) < 4.78 is 6.16. The van der Waals surface area contributed by atoms with Gasteiger partial charge in [-0.25, -0.2) is 9.97 Å². The molecule has 0 unspecified atom stereocenters. The number of likely N-dealkylation sites (tertiary alicyclic amines) is 1. The second-order valence-corrected chi connectivity index (χ2v) is 9.61. The summed E-state index contributed by atoms with van der Waals surface area (Å²) in [5, 5.41) is 22.3. The summed E-state index contributed by atoms with van der Waals surface area (Å²) in [5.74, 6) is 0.463. The predicted octanol–water partition coefficient (Wildman–Crippen LogP) is 1.58. The Kier molecular flexibility index (Phi) is 6.63. The summed E-state index contributed by atoms with van der Waals surface area (Å²) in [6, 6.07) is 5.46. The average molecular weight is 494 g/mol. The Morgan fingerprint density at radius 2 is 2.06 bits per heavy atom. The number of carbonyl (C=O) groups is 2. The quantitative estimate of drug-likeness (QED) is 0.373. The molecule has 2 fully saturated rings. The number of aromatic amines is 1. The largest absolute Gasteiger partial charge is 0.493 e. The lowest BCUT2D eigenvalue weighted by atomic mass is 10.0.